The molecule has 0 atom stereocenters. The van der Waals surface area contributed by atoms with Crippen LogP contribution in [0.5, 0.6) is 0 Å². The van der Waals surface area contributed by atoms with E-state index in [0.29, 0.717) is 0 Å². The standard InChI is InChI=1S/C6H2O10.4Li.4H/c7-1(8)3(11)15-5(13)6(14)16-4(12)2(9)10;;;;;;;;/h(H,7,8)(H,9,10);;;;;;;;/q;4*+1;4*-1. The Morgan fingerprint density at radius 2 is 0.750 bits per heavy atom. The summed E-state index contributed by atoms with van der Waals surface area (Å²) < 4.78 is 6.71. The molecular weight excluding hydrogens is 260 g/mol. The molecule has 0 aromatic heterocycles. The van der Waals surface area contributed by atoms with Crippen LogP contribution < -0.4 is 75.4 Å². The van der Waals surface area contributed by atoms with Crippen LogP contribution in [0.15, 0.2) is 0 Å². The van der Waals surface area contributed by atoms with E-state index < -0.39 is 35.8 Å². The van der Waals surface area contributed by atoms with E-state index in [0.717, 1.165) is 0 Å². The molecule has 94 valence electrons. The zero-order chi connectivity index (χ0) is 12.9. The maximum absolute atomic E-state index is 10.5. The van der Waals surface area contributed by atoms with Crippen molar-refractivity contribution in [2.24, 2.45) is 0 Å². The molecule has 20 heavy (non-hydrogen) atoms. The van der Waals surface area contributed by atoms with E-state index in [2.05, 4.69) is 9.47 Å². The molecule has 0 bridgehead atoms. The van der Waals surface area contributed by atoms with Crippen molar-refractivity contribution in [2.45, 2.75) is 0 Å². The number of esters is 4. The van der Waals surface area contributed by atoms with Crippen LogP contribution in [0.2, 0.25) is 0 Å². The smallest absolute Gasteiger partial charge is 1.00 e. The number of carbonyl (C=O) groups is 6. The van der Waals surface area contributed by atoms with Gasteiger partial charge in [0.15, 0.2) is 0 Å². The molecular formula is C6H6Li4O10. The maximum atomic E-state index is 10.5. The van der Waals surface area contributed by atoms with Crippen LogP contribution in [0, 0.1) is 0 Å². The van der Waals surface area contributed by atoms with Crippen molar-refractivity contribution in [3.05, 3.63) is 0 Å². The van der Waals surface area contributed by atoms with Crippen LogP contribution in [-0.2, 0) is 38.2 Å². The number of rotatable bonds is 0. The molecule has 0 rings (SSSR count). The molecule has 0 saturated carbocycles. The summed E-state index contributed by atoms with van der Waals surface area (Å²) in [4.78, 5) is 61.1. The van der Waals surface area contributed by atoms with Gasteiger partial charge < -0.3 is 25.4 Å². The maximum Gasteiger partial charge on any atom is 1.00 e. The van der Waals surface area contributed by atoms with Crippen molar-refractivity contribution in [1.82, 2.24) is 0 Å². The molecule has 0 radical (unpaired) electrons. The quantitative estimate of drug-likeness (QED) is 0.186. The average molecular weight is 266 g/mol. The molecule has 2 N–H and O–H groups in total. The Morgan fingerprint density at radius 3 is 0.900 bits per heavy atom. The average Bonchev–Trinajstić information content (AvgIpc) is 2.16. The van der Waals surface area contributed by atoms with Crippen molar-refractivity contribution in [3.8, 4) is 0 Å². The van der Waals surface area contributed by atoms with Crippen molar-refractivity contribution in [3.63, 3.8) is 0 Å². The van der Waals surface area contributed by atoms with Crippen molar-refractivity contribution >= 4 is 35.8 Å². The number of carboxylic acids is 2. The van der Waals surface area contributed by atoms with E-state index in [1.807, 2.05) is 0 Å². The van der Waals surface area contributed by atoms with Gasteiger partial charge in [-0.1, -0.05) is 0 Å². The summed E-state index contributed by atoms with van der Waals surface area (Å²) in [7, 11) is 0. The van der Waals surface area contributed by atoms with Gasteiger partial charge in [-0.2, -0.15) is 0 Å². The van der Waals surface area contributed by atoms with Gasteiger partial charge in [0.2, 0.25) is 0 Å². The Kier molecular flexibility index (Phi) is 23.9. The first-order valence-electron chi connectivity index (χ1n) is 3.24. The molecule has 0 spiro atoms. The summed E-state index contributed by atoms with van der Waals surface area (Å²) in [6, 6.07) is 0. The van der Waals surface area contributed by atoms with Gasteiger partial charge in [0, 0.05) is 0 Å². The number of aliphatic carboxylic acids is 2. The van der Waals surface area contributed by atoms with Crippen LogP contribution in [0.1, 0.15) is 5.71 Å². The zero-order valence-corrected chi connectivity index (χ0v) is 11.2. The van der Waals surface area contributed by atoms with Gasteiger partial charge in [-0.25, -0.2) is 28.8 Å². The van der Waals surface area contributed by atoms with Gasteiger partial charge in [-0.15, -0.1) is 0 Å². The Morgan fingerprint density at radius 1 is 0.550 bits per heavy atom. The van der Waals surface area contributed by atoms with Gasteiger partial charge in [0.25, 0.3) is 0 Å². The monoisotopic (exact) mass is 266 g/mol. The summed E-state index contributed by atoms with van der Waals surface area (Å²) in [5.74, 6) is -12.7. The molecule has 0 aliphatic heterocycles. The third kappa shape index (κ3) is 12.6. The molecule has 0 aromatic carbocycles. The Hall–Kier alpha value is -0.390. The first-order chi connectivity index (χ1) is 7.25. The molecule has 0 heterocycles. The second-order valence-corrected chi connectivity index (χ2v) is 1.96. The minimum Gasteiger partial charge on any atom is -1.00 e. The summed E-state index contributed by atoms with van der Waals surface area (Å²) in [5, 5.41) is 15.9. The molecule has 0 fully saturated rings. The van der Waals surface area contributed by atoms with E-state index in [4.69, 9.17) is 10.2 Å². The van der Waals surface area contributed by atoms with Gasteiger partial charge in [0.05, 0.1) is 0 Å². The molecule has 0 aliphatic carbocycles. The normalized spacial score (nSPS) is 7.00. The van der Waals surface area contributed by atoms with E-state index in [9.17, 15) is 28.8 Å². The summed E-state index contributed by atoms with van der Waals surface area (Å²) in [5.41, 5.74) is 0. The molecule has 0 aliphatic rings. The molecule has 10 nitrogen and oxygen atoms in total. The minimum absolute atomic E-state index is 0. The summed E-state index contributed by atoms with van der Waals surface area (Å²) in [6.07, 6.45) is 0. The second-order valence-electron chi connectivity index (χ2n) is 1.96. The number of hydrogen-bond donors (Lipinski definition) is 2. The fourth-order valence-electron chi connectivity index (χ4n) is 0.339. The van der Waals surface area contributed by atoms with E-state index in [-0.39, 0.29) is 81.1 Å². The molecule has 14 heteroatoms. The largest absolute Gasteiger partial charge is 1.00 e. The number of carbonyl (C=O) groups excluding carboxylic acids is 4. The molecule has 0 unspecified atom stereocenters. The Labute approximate surface area is 164 Å². The Balaban J connectivity index is -0.0000000402. The van der Waals surface area contributed by atoms with E-state index >= 15 is 0 Å². The van der Waals surface area contributed by atoms with E-state index in [1.54, 1.807) is 0 Å². The summed E-state index contributed by atoms with van der Waals surface area (Å²) in [6.45, 7) is 0. The second kappa shape index (κ2) is 15.0. The van der Waals surface area contributed by atoms with Crippen LogP contribution in [0.25, 0.3) is 0 Å². The number of carboxylic acid groups (broad SMARTS) is 2. The fraction of sp³-hybridized carbons (Fsp3) is 0. The SMILES string of the molecule is O=C(O)C(=O)OC(=O)C(=O)OC(=O)C(=O)O.[H-].[H-].[H-].[H-].[Li+].[Li+].[Li+].[Li+]. The predicted molar refractivity (Wildman–Crippen MR) is 41.9 cm³/mol. The first-order valence-corrected chi connectivity index (χ1v) is 3.24. The van der Waals surface area contributed by atoms with Gasteiger partial charge in [0.1, 0.15) is 0 Å². The zero-order valence-electron chi connectivity index (χ0n) is 15.2. The predicted octanol–water partition coefficient (Wildman–Crippen LogP) is -14.2. The topological polar surface area (TPSA) is 161 Å². The van der Waals surface area contributed by atoms with Crippen LogP contribution >= 0.6 is 0 Å². The summed E-state index contributed by atoms with van der Waals surface area (Å²) >= 11 is 0. The van der Waals surface area contributed by atoms with Crippen molar-refractivity contribution in [2.75, 3.05) is 0 Å². The van der Waals surface area contributed by atoms with Crippen molar-refractivity contribution < 1.29 is 130 Å². The van der Waals surface area contributed by atoms with Gasteiger partial charge in [-0.3, -0.25) is 0 Å². The number of ether oxygens (including phenoxy) is 2. The first kappa shape index (κ1) is 31.8. The molecule has 0 amide bonds. The van der Waals surface area contributed by atoms with Gasteiger partial charge >= 0.3 is 111 Å². The van der Waals surface area contributed by atoms with E-state index in [1.165, 1.54) is 0 Å². The van der Waals surface area contributed by atoms with Crippen LogP contribution in [-0.4, -0.2) is 46.0 Å². The van der Waals surface area contributed by atoms with Gasteiger partial charge in [-0.05, 0) is 0 Å². The van der Waals surface area contributed by atoms with Crippen LogP contribution in [0.3, 0.4) is 0 Å². The minimum atomic E-state index is -2.16. The van der Waals surface area contributed by atoms with Crippen LogP contribution in [0.4, 0.5) is 0 Å². The fourth-order valence-corrected chi connectivity index (χ4v) is 0.339. The molecule has 0 aromatic rings. The van der Waals surface area contributed by atoms with Crippen molar-refractivity contribution in [1.29, 1.82) is 0 Å². The Bertz CT molecular complexity index is 382. The number of hydrogen-bond acceptors (Lipinski definition) is 8. The third-order valence-electron chi connectivity index (χ3n) is 0.887. The third-order valence-corrected chi connectivity index (χ3v) is 0.887. The molecule has 0 saturated heterocycles.